The van der Waals surface area contributed by atoms with Crippen molar-refractivity contribution in [2.75, 3.05) is 12.4 Å². The number of ether oxygens (including phenoxy) is 1. The number of nitrogens with zero attached hydrogens (tertiary/aromatic N) is 1. The Balaban J connectivity index is 2.04. The van der Waals surface area contributed by atoms with Crippen molar-refractivity contribution >= 4 is 23.4 Å². The summed E-state index contributed by atoms with van der Waals surface area (Å²) in [5.41, 5.74) is 0.405. The van der Waals surface area contributed by atoms with Crippen molar-refractivity contribution in [3.05, 3.63) is 46.8 Å². The average Bonchev–Trinajstić information content (AvgIpc) is 2.47. The number of rotatable bonds is 5. The highest BCUT2D eigenvalue weighted by Crippen LogP contribution is 2.21. The summed E-state index contributed by atoms with van der Waals surface area (Å²) in [6.07, 6.45) is 0. The van der Waals surface area contributed by atoms with Gasteiger partial charge >= 0.3 is 0 Å². The summed E-state index contributed by atoms with van der Waals surface area (Å²) in [4.78, 5) is 30.2. The van der Waals surface area contributed by atoms with E-state index in [4.69, 9.17) is 4.74 Å². The third-order valence-electron chi connectivity index (χ3n) is 2.60. The molecule has 1 heterocycles. The fourth-order valence-electron chi connectivity index (χ4n) is 1.56. The topological polar surface area (TPSA) is 84.1 Å². The van der Waals surface area contributed by atoms with Crippen LogP contribution >= 0.6 is 11.8 Å². The maximum Gasteiger partial charge on any atom is 0.255 e. The van der Waals surface area contributed by atoms with E-state index in [0.29, 0.717) is 5.16 Å². The van der Waals surface area contributed by atoms with Gasteiger partial charge in [-0.3, -0.25) is 9.59 Å². The van der Waals surface area contributed by atoms with Crippen LogP contribution in [0.5, 0.6) is 5.88 Å². The Morgan fingerprint density at radius 3 is 2.76 bits per heavy atom. The number of aromatic amines is 1. The number of hydrogen-bond acceptors (Lipinski definition) is 5. The number of aromatic nitrogens is 2. The highest BCUT2D eigenvalue weighted by Gasteiger charge is 2.16. The minimum atomic E-state index is -0.416. The van der Waals surface area contributed by atoms with E-state index in [-0.39, 0.29) is 17.3 Å². The number of carbonyl (C=O) groups is 1. The summed E-state index contributed by atoms with van der Waals surface area (Å²) in [7, 11) is 1.43. The summed E-state index contributed by atoms with van der Waals surface area (Å²) >= 11 is 1.16. The van der Waals surface area contributed by atoms with E-state index in [1.54, 1.807) is 19.1 Å². The zero-order valence-electron chi connectivity index (χ0n) is 11.6. The third kappa shape index (κ3) is 4.35. The van der Waals surface area contributed by atoms with Gasteiger partial charge in [0.15, 0.2) is 5.16 Å². The molecule has 21 heavy (non-hydrogen) atoms. The number of H-pyrrole nitrogens is 1. The molecule has 0 saturated carbocycles. The molecule has 0 unspecified atom stereocenters. The molecule has 0 radical (unpaired) electrons. The van der Waals surface area contributed by atoms with Crippen molar-refractivity contribution in [2.24, 2.45) is 0 Å². The first-order valence-electron chi connectivity index (χ1n) is 6.26. The van der Waals surface area contributed by atoms with Crippen LogP contribution in [0, 0.1) is 0 Å². The second-order valence-electron chi connectivity index (χ2n) is 4.21. The number of anilines is 1. The molecule has 0 spiro atoms. The Morgan fingerprint density at radius 2 is 2.10 bits per heavy atom. The molecule has 2 aromatic rings. The van der Waals surface area contributed by atoms with Gasteiger partial charge in [0.2, 0.25) is 11.8 Å². The lowest BCUT2D eigenvalue weighted by atomic mass is 10.3. The average molecular weight is 305 g/mol. The van der Waals surface area contributed by atoms with E-state index >= 15 is 0 Å². The molecule has 2 rings (SSSR count). The van der Waals surface area contributed by atoms with Crippen molar-refractivity contribution in [1.29, 1.82) is 0 Å². The number of amides is 1. The Morgan fingerprint density at radius 1 is 1.38 bits per heavy atom. The van der Waals surface area contributed by atoms with E-state index in [1.807, 2.05) is 18.2 Å². The molecule has 1 aromatic heterocycles. The summed E-state index contributed by atoms with van der Waals surface area (Å²) < 4.78 is 4.93. The van der Waals surface area contributed by atoms with Crippen LogP contribution in [0.3, 0.4) is 0 Å². The van der Waals surface area contributed by atoms with Crippen LogP contribution in [-0.4, -0.2) is 28.2 Å². The lowest BCUT2D eigenvalue weighted by Crippen LogP contribution is -2.23. The van der Waals surface area contributed by atoms with Gasteiger partial charge in [0, 0.05) is 5.69 Å². The van der Waals surface area contributed by atoms with Gasteiger partial charge in [-0.25, -0.2) is 0 Å². The van der Waals surface area contributed by atoms with Gasteiger partial charge in [0.25, 0.3) is 5.56 Å². The van der Waals surface area contributed by atoms with Crippen LogP contribution in [-0.2, 0) is 4.79 Å². The smallest absolute Gasteiger partial charge is 0.255 e. The molecule has 0 aliphatic rings. The fourth-order valence-corrected chi connectivity index (χ4v) is 2.36. The zero-order chi connectivity index (χ0) is 15.2. The van der Waals surface area contributed by atoms with Crippen LogP contribution in [0.25, 0.3) is 0 Å². The summed E-state index contributed by atoms with van der Waals surface area (Å²) in [5, 5.41) is 2.72. The van der Waals surface area contributed by atoms with E-state index in [2.05, 4.69) is 15.3 Å². The molecular formula is C14H15N3O3S. The molecule has 6 nitrogen and oxygen atoms in total. The maximum absolute atomic E-state index is 12.1. The standard InChI is InChI=1S/C14H15N3O3S/c1-9(13(19)15-10-6-4-3-5-7-10)21-14-16-11(18)8-12(17-14)20-2/h3-9H,1-2H3,(H,15,19)(H,16,17,18)/t9-/m0/s1. The molecule has 110 valence electrons. The molecule has 2 N–H and O–H groups in total. The number of benzene rings is 1. The summed E-state index contributed by atoms with van der Waals surface area (Å²) in [6.45, 7) is 1.74. The first-order valence-corrected chi connectivity index (χ1v) is 7.14. The van der Waals surface area contributed by atoms with Gasteiger partial charge in [-0.05, 0) is 19.1 Å². The SMILES string of the molecule is COc1cc(=O)[nH]c(S[C@@H](C)C(=O)Nc2ccccc2)n1. The second-order valence-corrected chi connectivity index (χ2v) is 5.54. The predicted molar refractivity (Wildman–Crippen MR) is 81.8 cm³/mol. The van der Waals surface area contributed by atoms with Crippen LogP contribution in [0.2, 0.25) is 0 Å². The van der Waals surface area contributed by atoms with Crippen LogP contribution in [0.4, 0.5) is 5.69 Å². The maximum atomic E-state index is 12.1. The van der Waals surface area contributed by atoms with Gasteiger partial charge in [-0.15, -0.1) is 0 Å². The Hall–Kier alpha value is -2.28. The third-order valence-corrected chi connectivity index (χ3v) is 3.59. The van der Waals surface area contributed by atoms with E-state index in [1.165, 1.54) is 13.2 Å². The Labute approximate surface area is 125 Å². The molecule has 1 aromatic carbocycles. The van der Waals surface area contributed by atoms with Crippen molar-refractivity contribution in [3.63, 3.8) is 0 Å². The largest absolute Gasteiger partial charge is 0.481 e. The van der Waals surface area contributed by atoms with Crippen molar-refractivity contribution in [3.8, 4) is 5.88 Å². The van der Waals surface area contributed by atoms with Crippen LogP contribution in [0.15, 0.2) is 46.3 Å². The fraction of sp³-hybridized carbons (Fsp3) is 0.214. The number of thioether (sulfide) groups is 1. The van der Waals surface area contributed by atoms with Gasteiger partial charge < -0.3 is 15.0 Å². The van der Waals surface area contributed by atoms with Crippen molar-refractivity contribution in [2.45, 2.75) is 17.3 Å². The molecule has 0 saturated heterocycles. The van der Waals surface area contributed by atoms with Gasteiger partial charge in [0.1, 0.15) is 0 Å². The first-order chi connectivity index (χ1) is 10.1. The zero-order valence-corrected chi connectivity index (χ0v) is 12.4. The van der Waals surface area contributed by atoms with Crippen molar-refractivity contribution < 1.29 is 9.53 Å². The van der Waals surface area contributed by atoms with Crippen LogP contribution < -0.4 is 15.6 Å². The molecule has 0 aliphatic carbocycles. The minimum absolute atomic E-state index is 0.170. The van der Waals surface area contributed by atoms with Crippen molar-refractivity contribution in [1.82, 2.24) is 9.97 Å². The molecule has 0 aliphatic heterocycles. The number of carbonyl (C=O) groups excluding carboxylic acids is 1. The monoisotopic (exact) mass is 305 g/mol. The summed E-state index contributed by atoms with van der Waals surface area (Å²) in [6, 6.07) is 10.4. The van der Waals surface area contributed by atoms with Gasteiger partial charge in [0.05, 0.1) is 18.4 Å². The highest BCUT2D eigenvalue weighted by atomic mass is 32.2. The number of nitrogens with one attached hydrogen (secondary N) is 2. The Bertz CT molecular complexity index is 673. The number of hydrogen-bond donors (Lipinski definition) is 2. The molecule has 1 amide bonds. The molecule has 0 bridgehead atoms. The molecular weight excluding hydrogens is 290 g/mol. The van der Waals surface area contributed by atoms with Gasteiger partial charge in [-0.1, -0.05) is 30.0 Å². The van der Waals surface area contributed by atoms with Gasteiger partial charge in [-0.2, -0.15) is 4.98 Å². The normalized spacial score (nSPS) is 11.7. The van der Waals surface area contributed by atoms with E-state index in [0.717, 1.165) is 17.4 Å². The lowest BCUT2D eigenvalue weighted by molar-refractivity contribution is -0.115. The molecule has 0 fully saturated rings. The molecule has 1 atom stereocenters. The van der Waals surface area contributed by atoms with E-state index < -0.39 is 5.25 Å². The quantitative estimate of drug-likeness (QED) is 0.651. The highest BCUT2D eigenvalue weighted by molar-refractivity contribution is 8.00. The first kappa shape index (κ1) is 15.1. The lowest BCUT2D eigenvalue weighted by Gasteiger charge is -2.11. The number of methoxy groups -OCH3 is 1. The van der Waals surface area contributed by atoms with E-state index in [9.17, 15) is 9.59 Å². The number of para-hydroxylation sites is 1. The second kappa shape index (κ2) is 6.94. The van der Waals surface area contributed by atoms with Crippen LogP contribution in [0.1, 0.15) is 6.92 Å². The minimum Gasteiger partial charge on any atom is -0.481 e. The summed E-state index contributed by atoms with van der Waals surface area (Å²) in [5.74, 6) is 0.0496. The molecule has 7 heteroatoms. The predicted octanol–water partition coefficient (Wildman–Crippen LogP) is 1.90. The Kier molecular flexibility index (Phi) is 4.99.